The van der Waals surface area contributed by atoms with Gasteiger partial charge < -0.3 is 10.1 Å². The predicted octanol–water partition coefficient (Wildman–Crippen LogP) is 1.23. The van der Waals surface area contributed by atoms with Crippen molar-refractivity contribution in [3.8, 4) is 0 Å². The van der Waals surface area contributed by atoms with E-state index >= 15 is 0 Å². The first-order valence-corrected chi connectivity index (χ1v) is 6.33. The zero-order valence-electron chi connectivity index (χ0n) is 11.5. The van der Waals surface area contributed by atoms with Gasteiger partial charge in [0.1, 0.15) is 5.82 Å². The lowest BCUT2D eigenvalue weighted by atomic mass is 10.2. The van der Waals surface area contributed by atoms with Gasteiger partial charge in [-0.1, -0.05) is 12.1 Å². The highest BCUT2D eigenvalue weighted by Gasteiger charge is 2.13. The Hall–Kier alpha value is -1.72. The van der Waals surface area contributed by atoms with Crippen LogP contribution in [-0.4, -0.2) is 29.8 Å². The summed E-state index contributed by atoms with van der Waals surface area (Å²) < 4.78 is 6.60. The fourth-order valence-electron chi connectivity index (χ4n) is 2.09. The molecule has 0 bridgehead atoms. The van der Waals surface area contributed by atoms with E-state index < -0.39 is 0 Å². The number of benzene rings is 1. The number of aromatic nitrogens is 2. The number of fused-ring (bicyclic) bond motifs is 1. The smallest absolute Gasteiger partial charge is 0.261 e. The van der Waals surface area contributed by atoms with Gasteiger partial charge in [0.05, 0.1) is 23.6 Å². The molecule has 1 heterocycles. The summed E-state index contributed by atoms with van der Waals surface area (Å²) >= 11 is 0. The molecule has 1 aromatic heterocycles. The van der Waals surface area contributed by atoms with Crippen LogP contribution in [0.15, 0.2) is 29.1 Å². The number of hydrogen-bond donors (Lipinski definition) is 1. The molecule has 0 unspecified atom stereocenters. The molecular formula is C14H19N3O2. The predicted molar refractivity (Wildman–Crippen MR) is 75.3 cm³/mol. The average molecular weight is 261 g/mol. The zero-order chi connectivity index (χ0) is 13.8. The van der Waals surface area contributed by atoms with Crippen LogP contribution in [0, 0.1) is 0 Å². The van der Waals surface area contributed by atoms with E-state index in [1.54, 1.807) is 24.8 Å². The molecular weight excluding hydrogens is 242 g/mol. The standard InChI is InChI=1S/C14H19N3O2/c1-10(15-8-9-19-3)13-16-12-7-5-4-6-11(12)14(18)17(13)2/h4-7,10,15H,8-9H2,1-3H3/t10-/m1/s1. The Morgan fingerprint density at radius 2 is 2.16 bits per heavy atom. The third kappa shape index (κ3) is 2.83. The van der Waals surface area contributed by atoms with Crippen molar-refractivity contribution in [1.29, 1.82) is 0 Å². The zero-order valence-corrected chi connectivity index (χ0v) is 11.5. The molecule has 0 radical (unpaired) electrons. The van der Waals surface area contributed by atoms with Gasteiger partial charge in [0.15, 0.2) is 0 Å². The van der Waals surface area contributed by atoms with Crippen LogP contribution in [0.5, 0.6) is 0 Å². The molecule has 0 saturated carbocycles. The van der Waals surface area contributed by atoms with Gasteiger partial charge in [0, 0.05) is 20.7 Å². The summed E-state index contributed by atoms with van der Waals surface area (Å²) in [5.41, 5.74) is 0.724. The lowest BCUT2D eigenvalue weighted by Gasteiger charge is -2.16. The largest absolute Gasteiger partial charge is 0.383 e. The van der Waals surface area contributed by atoms with Gasteiger partial charge >= 0.3 is 0 Å². The van der Waals surface area contributed by atoms with Crippen LogP contribution in [0.25, 0.3) is 10.9 Å². The Bertz CT molecular complexity index is 622. The van der Waals surface area contributed by atoms with Crippen molar-refractivity contribution in [3.63, 3.8) is 0 Å². The molecule has 5 nitrogen and oxygen atoms in total. The van der Waals surface area contributed by atoms with Crippen molar-refractivity contribution < 1.29 is 4.74 Å². The number of nitrogens with one attached hydrogen (secondary N) is 1. The molecule has 1 N–H and O–H groups in total. The highest BCUT2D eigenvalue weighted by Crippen LogP contribution is 2.12. The minimum Gasteiger partial charge on any atom is -0.383 e. The maximum absolute atomic E-state index is 12.3. The van der Waals surface area contributed by atoms with E-state index in [2.05, 4.69) is 10.3 Å². The monoisotopic (exact) mass is 261 g/mol. The Morgan fingerprint density at radius 1 is 1.42 bits per heavy atom. The summed E-state index contributed by atoms with van der Waals surface area (Å²) in [6.45, 7) is 3.35. The maximum atomic E-state index is 12.3. The second-order valence-corrected chi connectivity index (χ2v) is 4.52. The van der Waals surface area contributed by atoms with E-state index in [0.29, 0.717) is 12.0 Å². The molecule has 19 heavy (non-hydrogen) atoms. The fourth-order valence-corrected chi connectivity index (χ4v) is 2.09. The number of nitrogens with zero attached hydrogens (tertiary/aromatic N) is 2. The molecule has 2 aromatic rings. The Balaban J connectivity index is 2.38. The van der Waals surface area contributed by atoms with Gasteiger partial charge in [-0.3, -0.25) is 9.36 Å². The molecule has 0 fully saturated rings. The number of methoxy groups -OCH3 is 1. The normalized spacial score (nSPS) is 12.8. The van der Waals surface area contributed by atoms with E-state index in [1.165, 1.54) is 0 Å². The van der Waals surface area contributed by atoms with Crippen LogP contribution in [0.1, 0.15) is 18.8 Å². The van der Waals surface area contributed by atoms with Gasteiger partial charge in [0.25, 0.3) is 5.56 Å². The molecule has 0 amide bonds. The van der Waals surface area contributed by atoms with Crippen LogP contribution in [0.2, 0.25) is 0 Å². The topological polar surface area (TPSA) is 56.1 Å². The first kappa shape index (κ1) is 13.7. The minimum atomic E-state index is -0.0130. The van der Waals surface area contributed by atoms with Gasteiger partial charge in [-0.2, -0.15) is 0 Å². The summed E-state index contributed by atoms with van der Waals surface area (Å²) in [6.07, 6.45) is 0. The quantitative estimate of drug-likeness (QED) is 0.823. The summed E-state index contributed by atoms with van der Waals surface area (Å²) in [5, 5.41) is 3.94. The number of ether oxygens (including phenoxy) is 1. The molecule has 0 aliphatic rings. The molecule has 0 aliphatic heterocycles. The Morgan fingerprint density at radius 3 is 2.89 bits per heavy atom. The average Bonchev–Trinajstić information content (AvgIpc) is 2.43. The van der Waals surface area contributed by atoms with Gasteiger partial charge in [-0.15, -0.1) is 0 Å². The van der Waals surface area contributed by atoms with Crippen LogP contribution in [-0.2, 0) is 11.8 Å². The van der Waals surface area contributed by atoms with E-state index in [-0.39, 0.29) is 11.6 Å². The molecule has 0 saturated heterocycles. The molecule has 1 atom stereocenters. The Labute approximate surface area is 112 Å². The summed E-state index contributed by atoms with van der Waals surface area (Å²) in [6, 6.07) is 7.41. The van der Waals surface area contributed by atoms with Crippen molar-refractivity contribution in [3.05, 3.63) is 40.4 Å². The van der Waals surface area contributed by atoms with E-state index in [1.807, 2.05) is 25.1 Å². The van der Waals surface area contributed by atoms with Crippen LogP contribution in [0.3, 0.4) is 0 Å². The first-order valence-electron chi connectivity index (χ1n) is 6.33. The van der Waals surface area contributed by atoms with E-state index in [0.717, 1.165) is 17.9 Å². The van der Waals surface area contributed by atoms with E-state index in [4.69, 9.17) is 4.74 Å². The van der Waals surface area contributed by atoms with E-state index in [9.17, 15) is 4.79 Å². The van der Waals surface area contributed by atoms with Crippen LogP contribution in [0.4, 0.5) is 0 Å². The fraction of sp³-hybridized carbons (Fsp3) is 0.429. The van der Waals surface area contributed by atoms with Gasteiger partial charge in [-0.05, 0) is 19.1 Å². The first-order chi connectivity index (χ1) is 9.15. The van der Waals surface area contributed by atoms with Crippen LogP contribution >= 0.6 is 0 Å². The third-order valence-electron chi connectivity index (χ3n) is 3.16. The summed E-state index contributed by atoms with van der Waals surface area (Å²) in [7, 11) is 3.42. The number of para-hydroxylation sites is 1. The second-order valence-electron chi connectivity index (χ2n) is 4.52. The van der Waals surface area contributed by atoms with Gasteiger partial charge in [-0.25, -0.2) is 4.98 Å². The third-order valence-corrected chi connectivity index (χ3v) is 3.16. The maximum Gasteiger partial charge on any atom is 0.261 e. The minimum absolute atomic E-state index is 0.00236. The molecule has 102 valence electrons. The summed E-state index contributed by atoms with van der Waals surface area (Å²) in [4.78, 5) is 16.8. The molecule has 1 aromatic carbocycles. The number of rotatable bonds is 5. The lowest BCUT2D eigenvalue weighted by molar-refractivity contribution is 0.196. The van der Waals surface area contributed by atoms with Gasteiger partial charge in [0.2, 0.25) is 0 Å². The summed E-state index contributed by atoms with van der Waals surface area (Å²) in [5.74, 6) is 0.736. The highest BCUT2D eigenvalue weighted by atomic mass is 16.5. The lowest BCUT2D eigenvalue weighted by Crippen LogP contribution is -2.30. The van der Waals surface area contributed by atoms with Crippen molar-refractivity contribution in [2.45, 2.75) is 13.0 Å². The molecule has 5 heteroatoms. The number of hydrogen-bond acceptors (Lipinski definition) is 4. The van der Waals surface area contributed by atoms with Crippen molar-refractivity contribution in [1.82, 2.24) is 14.9 Å². The second kappa shape index (κ2) is 5.95. The Kier molecular flexibility index (Phi) is 4.29. The van der Waals surface area contributed by atoms with Crippen molar-refractivity contribution in [2.75, 3.05) is 20.3 Å². The van der Waals surface area contributed by atoms with Crippen molar-refractivity contribution in [2.24, 2.45) is 7.05 Å². The highest BCUT2D eigenvalue weighted by molar-refractivity contribution is 5.77. The SMILES string of the molecule is COCCN[C@H](C)c1nc2ccccc2c(=O)n1C. The van der Waals surface area contributed by atoms with Crippen molar-refractivity contribution >= 4 is 10.9 Å². The van der Waals surface area contributed by atoms with Crippen LogP contribution < -0.4 is 10.9 Å². The molecule has 0 spiro atoms. The molecule has 2 rings (SSSR count). The molecule has 0 aliphatic carbocycles.